The summed E-state index contributed by atoms with van der Waals surface area (Å²) in [5.74, 6) is 1.26. The summed E-state index contributed by atoms with van der Waals surface area (Å²) in [6, 6.07) is 14.8. The molecule has 0 aliphatic rings. The molecule has 0 unspecified atom stereocenters. The van der Waals surface area contributed by atoms with E-state index in [1.54, 1.807) is 31.4 Å². The Morgan fingerprint density at radius 3 is 2.48 bits per heavy atom. The van der Waals surface area contributed by atoms with Crippen molar-refractivity contribution in [1.82, 2.24) is 5.32 Å². The van der Waals surface area contributed by atoms with Crippen molar-refractivity contribution < 1.29 is 19.2 Å². The number of rotatable bonds is 8. The van der Waals surface area contributed by atoms with Crippen molar-refractivity contribution in [3.8, 4) is 11.5 Å². The Kier molecular flexibility index (Phi) is 7.10. The minimum Gasteiger partial charge on any atom is -0.496 e. The maximum atomic E-state index is 12.1. The Morgan fingerprint density at radius 2 is 1.84 bits per heavy atom. The van der Waals surface area contributed by atoms with Gasteiger partial charge in [0.05, 0.1) is 33.3 Å². The first kappa shape index (κ1) is 19.1. The Bertz CT molecular complexity index is 689. The van der Waals surface area contributed by atoms with E-state index in [0.717, 1.165) is 11.3 Å². The summed E-state index contributed by atoms with van der Waals surface area (Å²) in [6.45, 7) is 0.453. The van der Waals surface area contributed by atoms with Crippen molar-refractivity contribution in [2.45, 2.75) is 6.04 Å². The van der Waals surface area contributed by atoms with Gasteiger partial charge in [0.2, 0.25) is 0 Å². The number of carbonyl (C=O) groups excluding carboxylic acids is 1. The molecule has 0 fully saturated rings. The first-order chi connectivity index (χ1) is 12.0. The molecule has 0 bridgehead atoms. The third-order valence-corrected chi connectivity index (χ3v) is 4.15. The molecule has 0 aromatic heterocycles. The number of carbonyl (C=O) groups is 1. The van der Waals surface area contributed by atoms with Crippen LogP contribution in [-0.2, 0) is 4.79 Å². The monoisotopic (exact) mass is 363 g/mol. The molecule has 2 aromatic carbocycles. The normalized spacial score (nSPS) is 11.9. The van der Waals surface area contributed by atoms with Gasteiger partial charge in [0.15, 0.2) is 6.61 Å². The Labute approximate surface area is 153 Å². The molecule has 1 amide bonds. The number of likely N-dealkylation sites (N-methyl/N-ethyl adjacent to an activating group) is 1. The lowest BCUT2D eigenvalue weighted by molar-refractivity contribution is -0.890. The van der Waals surface area contributed by atoms with Gasteiger partial charge in [0, 0.05) is 5.02 Å². The number of methoxy groups -OCH3 is 1. The standard InChI is InChI=1S/C19H23ClN2O3/c1-22(2)17(16-6-4-5-7-18(16)24-3)12-21-19(23)13-25-15-10-8-14(20)9-11-15/h4-11,17H,12-13H2,1-3H3,(H,21,23)/p+1/t17-/m0/s1. The summed E-state index contributed by atoms with van der Waals surface area (Å²) in [5, 5.41) is 3.56. The topological polar surface area (TPSA) is 52.0 Å². The van der Waals surface area contributed by atoms with E-state index in [2.05, 4.69) is 5.32 Å². The number of halogens is 1. The van der Waals surface area contributed by atoms with E-state index in [0.29, 0.717) is 17.3 Å². The third-order valence-electron chi connectivity index (χ3n) is 3.90. The van der Waals surface area contributed by atoms with Gasteiger partial charge in [-0.25, -0.2) is 0 Å². The number of hydrogen-bond acceptors (Lipinski definition) is 3. The summed E-state index contributed by atoms with van der Waals surface area (Å²) in [6.07, 6.45) is 0. The highest BCUT2D eigenvalue weighted by molar-refractivity contribution is 6.30. The van der Waals surface area contributed by atoms with E-state index in [-0.39, 0.29) is 18.6 Å². The molecule has 25 heavy (non-hydrogen) atoms. The highest BCUT2D eigenvalue weighted by Gasteiger charge is 2.22. The molecule has 0 saturated carbocycles. The Hall–Kier alpha value is -2.24. The molecule has 2 aromatic rings. The van der Waals surface area contributed by atoms with Crippen LogP contribution in [0.15, 0.2) is 48.5 Å². The SMILES string of the molecule is COc1ccccc1[C@H](CNC(=O)COc1ccc(Cl)cc1)[NH+](C)C. The van der Waals surface area contributed by atoms with Crippen molar-refractivity contribution in [3.63, 3.8) is 0 Å². The van der Waals surface area contributed by atoms with Crippen LogP contribution in [-0.4, -0.2) is 40.3 Å². The molecule has 0 saturated heterocycles. The van der Waals surface area contributed by atoms with Gasteiger partial charge in [-0.05, 0) is 36.4 Å². The Balaban J connectivity index is 1.92. The van der Waals surface area contributed by atoms with Gasteiger partial charge in [-0.2, -0.15) is 0 Å². The molecule has 0 spiro atoms. The van der Waals surface area contributed by atoms with Crippen LogP contribution in [0.25, 0.3) is 0 Å². The number of para-hydroxylation sites is 1. The number of quaternary nitrogens is 1. The smallest absolute Gasteiger partial charge is 0.258 e. The number of benzene rings is 2. The van der Waals surface area contributed by atoms with Gasteiger partial charge in [-0.15, -0.1) is 0 Å². The highest BCUT2D eigenvalue weighted by atomic mass is 35.5. The van der Waals surface area contributed by atoms with Crippen LogP contribution in [0.3, 0.4) is 0 Å². The molecule has 0 aliphatic heterocycles. The number of ether oxygens (including phenoxy) is 2. The Morgan fingerprint density at radius 1 is 1.16 bits per heavy atom. The van der Waals surface area contributed by atoms with Crippen LogP contribution in [0.5, 0.6) is 11.5 Å². The molecule has 5 nitrogen and oxygen atoms in total. The lowest BCUT2D eigenvalue weighted by atomic mass is 10.0. The van der Waals surface area contributed by atoms with Gasteiger partial charge in [-0.3, -0.25) is 4.79 Å². The molecule has 1 atom stereocenters. The van der Waals surface area contributed by atoms with E-state index < -0.39 is 0 Å². The van der Waals surface area contributed by atoms with Gasteiger partial charge in [0.25, 0.3) is 5.91 Å². The van der Waals surface area contributed by atoms with E-state index in [1.807, 2.05) is 38.4 Å². The predicted octanol–water partition coefficient (Wildman–Crippen LogP) is 1.73. The fourth-order valence-corrected chi connectivity index (χ4v) is 2.65. The summed E-state index contributed by atoms with van der Waals surface area (Å²) in [5.41, 5.74) is 1.06. The number of amides is 1. The second-order valence-electron chi connectivity index (χ2n) is 5.92. The van der Waals surface area contributed by atoms with E-state index in [1.165, 1.54) is 4.90 Å². The van der Waals surface area contributed by atoms with Crippen LogP contribution in [0.1, 0.15) is 11.6 Å². The average Bonchev–Trinajstić information content (AvgIpc) is 2.61. The summed E-state index contributed by atoms with van der Waals surface area (Å²) in [7, 11) is 5.75. The fourth-order valence-electron chi connectivity index (χ4n) is 2.53. The minimum absolute atomic E-state index is 0.0387. The van der Waals surface area contributed by atoms with Crippen molar-refractivity contribution in [2.75, 3.05) is 34.4 Å². The molecule has 2 N–H and O–H groups in total. The van der Waals surface area contributed by atoms with Crippen LogP contribution < -0.4 is 19.7 Å². The summed E-state index contributed by atoms with van der Waals surface area (Å²) < 4.78 is 10.9. The molecule has 2 rings (SSSR count). The lowest BCUT2D eigenvalue weighted by Crippen LogP contribution is -3.07. The van der Waals surface area contributed by atoms with Gasteiger partial charge < -0.3 is 19.7 Å². The second kappa shape index (κ2) is 9.30. The van der Waals surface area contributed by atoms with Crippen molar-refractivity contribution >= 4 is 17.5 Å². The molecule has 134 valence electrons. The zero-order chi connectivity index (χ0) is 18.2. The van der Waals surface area contributed by atoms with Crippen LogP contribution in [0.2, 0.25) is 5.02 Å². The zero-order valence-electron chi connectivity index (χ0n) is 14.7. The quantitative estimate of drug-likeness (QED) is 0.751. The molecular formula is C19H24ClN2O3+. The summed E-state index contributed by atoms with van der Waals surface area (Å²) in [4.78, 5) is 13.3. The largest absolute Gasteiger partial charge is 0.496 e. The van der Waals surface area contributed by atoms with Gasteiger partial charge >= 0.3 is 0 Å². The first-order valence-corrected chi connectivity index (χ1v) is 8.47. The van der Waals surface area contributed by atoms with E-state index in [4.69, 9.17) is 21.1 Å². The van der Waals surface area contributed by atoms with Crippen LogP contribution in [0.4, 0.5) is 0 Å². The van der Waals surface area contributed by atoms with Crippen molar-refractivity contribution in [1.29, 1.82) is 0 Å². The maximum Gasteiger partial charge on any atom is 0.258 e. The number of hydrogen-bond donors (Lipinski definition) is 2. The second-order valence-corrected chi connectivity index (χ2v) is 6.35. The third kappa shape index (κ3) is 5.66. The van der Waals surface area contributed by atoms with Crippen LogP contribution >= 0.6 is 11.6 Å². The maximum absolute atomic E-state index is 12.1. The minimum atomic E-state index is -0.170. The van der Waals surface area contributed by atoms with E-state index in [9.17, 15) is 4.79 Å². The zero-order valence-corrected chi connectivity index (χ0v) is 15.5. The first-order valence-electron chi connectivity index (χ1n) is 8.09. The van der Waals surface area contributed by atoms with Gasteiger partial charge in [0.1, 0.15) is 17.5 Å². The molecule has 0 radical (unpaired) electrons. The molecule has 0 heterocycles. The molecular weight excluding hydrogens is 340 g/mol. The summed E-state index contributed by atoms with van der Waals surface area (Å²) >= 11 is 5.82. The predicted molar refractivity (Wildman–Crippen MR) is 98.5 cm³/mol. The number of nitrogens with one attached hydrogen (secondary N) is 2. The fraction of sp³-hybridized carbons (Fsp3) is 0.316. The molecule has 0 aliphatic carbocycles. The highest BCUT2D eigenvalue weighted by Crippen LogP contribution is 2.22. The molecule has 6 heteroatoms. The van der Waals surface area contributed by atoms with Crippen molar-refractivity contribution in [3.05, 3.63) is 59.1 Å². The van der Waals surface area contributed by atoms with E-state index >= 15 is 0 Å². The van der Waals surface area contributed by atoms with Crippen molar-refractivity contribution in [2.24, 2.45) is 0 Å². The average molecular weight is 364 g/mol. The lowest BCUT2D eigenvalue weighted by Gasteiger charge is -2.23. The van der Waals surface area contributed by atoms with Crippen LogP contribution in [0, 0.1) is 0 Å². The van der Waals surface area contributed by atoms with Gasteiger partial charge in [-0.1, -0.05) is 23.7 Å².